The molecule has 1 saturated heterocycles. The van der Waals surface area contributed by atoms with Crippen molar-refractivity contribution < 1.29 is 14.6 Å². The van der Waals surface area contributed by atoms with E-state index in [0.29, 0.717) is 12.5 Å². The van der Waals surface area contributed by atoms with E-state index in [4.69, 9.17) is 9.84 Å². The van der Waals surface area contributed by atoms with E-state index in [1.54, 1.807) is 7.11 Å². The Morgan fingerprint density at radius 3 is 2.73 bits per heavy atom. The van der Waals surface area contributed by atoms with E-state index in [1.165, 1.54) is 0 Å². The van der Waals surface area contributed by atoms with Crippen LogP contribution in [0.4, 0.5) is 0 Å². The minimum atomic E-state index is -0.663. The van der Waals surface area contributed by atoms with Crippen LogP contribution in [-0.4, -0.2) is 49.3 Å². The first-order valence-corrected chi connectivity index (χ1v) is 5.48. The number of carboxylic acids is 1. The Kier molecular flexibility index (Phi) is 4.54. The molecule has 1 fully saturated rings. The number of carbonyl (C=O) groups is 1. The quantitative estimate of drug-likeness (QED) is 0.741. The lowest BCUT2D eigenvalue weighted by atomic mass is 9.99. The number of carboxylic acid groups (broad SMARTS) is 1. The summed E-state index contributed by atoms with van der Waals surface area (Å²) in [6.07, 6.45) is 0. The molecule has 1 heterocycles. The summed E-state index contributed by atoms with van der Waals surface area (Å²) >= 11 is 0. The van der Waals surface area contributed by atoms with Crippen molar-refractivity contribution in [1.29, 1.82) is 0 Å². The number of rotatable bonds is 5. The zero-order valence-electron chi connectivity index (χ0n) is 9.77. The number of hydrogen-bond donors (Lipinski definition) is 1. The van der Waals surface area contributed by atoms with E-state index in [2.05, 4.69) is 11.8 Å². The molecular formula is C11H21NO3. The molecule has 1 aliphatic heterocycles. The second-order valence-corrected chi connectivity index (χ2v) is 4.70. The van der Waals surface area contributed by atoms with Gasteiger partial charge in [0, 0.05) is 33.4 Å². The van der Waals surface area contributed by atoms with Crippen molar-refractivity contribution in [2.75, 3.05) is 33.4 Å². The van der Waals surface area contributed by atoms with E-state index in [0.717, 1.165) is 19.7 Å². The molecule has 0 saturated carbocycles. The van der Waals surface area contributed by atoms with Crippen LogP contribution >= 0.6 is 0 Å². The normalized spacial score (nSPS) is 29.3. The molecule has 1 aliphatic rings. The maximum Gasteiger partial charge on any atom is 0.308 e. The number of aliphatic carboxylic acids is 1. The minimum absolute atomic E-state index is 0.195. The number of methoxy groups -OCH3 is 1. The average molecular weight is 215 g/mol. The fourth-order valence-corrected chi connectivity index (χ4v) is 2.32. The van der Waals surface area contributed by atoms with Crippen molar-refractivity contribution in [3.8, 4) is 0 Å². The summed E-state index contributed by atoms with van der Waals surface area (Å²) in [7, 11) is 1.70. The van der Waals surface area contributed by atoms with Gasteiger partial charge in [-0.1, -0.05) is 13.8 Å². The Morgan fingerprint density at radius 1 is 1.60 bits per heavy atom. The molecule has 0 aromatic carbocycles. The topological polar surface area (TPSA) is 49.8 Å². The van der Waals surface area contributed by atoms with Crippen LogP contribution in [0.15, 0.2) is 0 Å². The molecular weight excluding hydrogens is 194 g/mol. The van der Waals surface area contributed by atoms with Crippen molar-refractivity contribution in [2.24, 2.45) is 17.8 Å². The van der Waals surface area contributed by atoms with Gasteiger partial charge in [0.15, 0.2) is 0 Å². The Labute approximate surface area is 91.2 Å². The lowest BCUT2D eigenvalue weighted by Crippen LogP contribution is -2.29. The van der Waals surface area contributed by atoms with E-state index in [9.17, 15) is 4.79 Å². The predicted molar refractivity (Wildman–Crippen MR) is 57.8 cm³/mol. The SMILES string of the molecule is COCC(C)CN1CC(C)C(C(=O)O)C1. The van der Waals surface area contributed by atoms with Gasteiger partial charge < -0.3 is 14.7 Å². The van der Waals surface area contributed by atoms with Gasteiger partial charge in [-0.15, -0.1) is 0 Å². The van der Waals surface area contributed by atoms with Crippen LogP contribution in [0.1, 0.15) is 13.8 Å². The third-order valence-corrected chi connectivity index (χ3v) is 3.03. The summed E-state index contributed by atoms with van der Waals surface area (Å²) in [5, 5.41) is 8.99. The number of ether oxygens (including phenoxy) is 1. The van der Waals surface area contributed by atoms with Gasteiger partial charge in [0.2, 0.25) is 0 Å². The van der Waals surface area contributed by atoms with E-state index < -0.39 is 5.97 Å². The molecule has 0 amide bonds. The maximum atomic E-state index is 10.9. The molecule has 0 radical (unpaired) electrons. The third kappa shape index (κ3) is 3.47. The van der Waals surface area contributed by atoms with Crippen LogP contribution in [0.25, 0.3) is 0 Å². The van der Waals surface area contributed by atoms with Crippen molar-refractivity contribution in [1.82, 2.24) is 4.90 Å². The van der Waals surface area contributed by atoms with Crippen LogP contribution in [0.5, 0.6) is 0 Å². The minimum Gasteiger partial charge on any atom is -0.481 e. The van der Waals surface area contributed by atoms with Crippen LogP contribution in [0.3, 0.4) is 0 Å². The summed E-state index contributed by atoms with van der Waals surface area (Å²) in [4.78, 5) is 13.1. The molecule has 3 atom stereocenters. The largest absolute Gasteiger partial charge is 0.481 e. The molecule has 0 bridgehead atoms. The average Bonchev–Trinajstić information content (AvgIpc) is 2.47. The summed E-state index contributed by atoms with van der Waals surface area (Å²) in [6.45, 7) is 7.39. The van der Waals surface area contributed by atoms with Gasteiger partial charge in [0.1, 0.15) is 0 Å². The second-order valence-electron chi connectivity index (χ2n) is 4.70. The van der Waals surface area contributed by atoms with Crippen LogP contribution < -0.4 is 0 Å². The van der Waals surface area contributed by atoms with E-state index in [1.807, 2.05) is 6.92 Å². The fraction of sp³-hybridized carbons (Fsp3) is 0.909. The van der Waals surface area contributed by atoms with Crippen molar-refractivity contribution in [2.45, 2.75) is 13.8 Å². The van der Waals surface area contributed by atoms with Gasteiger partial charge in [-0.2, -0.15) is 0 Å². The lowest BCUT2D eigenvalue weighted by molar-refractivity contribution is -0.142. The smallest absolute Gasteiger partial charge is 0.308 e. The number of nitrogens with zero attached hydrogens (tertiary/aromatic N) is 1. The summed E-state index contributed by atoms with van der Waals surface area (Å²) in [6, 6.07) is 0. The first kappa shape index (κ1) is 12.5. The van der Waals surface area contributed by atoms with Crippen LogP contribution in [0.2, 0.25) is 0 Å². The van der Waals surface area contributed by atoms with Gasteiger partial charge >= 0.3 is 5.97 Å². The summed E-state index contributed by atoms with van der Waals surface area (Å²) < 4.78 is 5.07. The molecule has 3 unspecified atom stereocenters. The van der Waals surface area contributed by atoms with Gasteiger partial charge in [0.05, 0.1) is 5.92 Å². The standard InChI is InChI=1S/C11H21NO3/c1-8(7-15-3)4-12-5-9(2)10(6-12)11(13)14/h8-10H,4-7H2,1-3H3,(H,13,14). The molecule has 15 heavy (non-hydrogen) atoms. The van der Waals surface area contributed by atoms with Crippen LogP contribution in [0, 0.1) is 17.8 Å². The lowest BCUT2D eigenvalue weighted by Gasteiger charge is -2.19. The Hall–Kier alpha value is -0.610. The van der Waals surface area contributed by atoms with Gasteiger partial charge in [-0.25, -0.2) is 0 Å². The monoisotopic (exact) mass is 215 g/mol. The first-order valence-electron chi connectivity index (χ1n) is 5.48. The fourth-order valence-electron chi connectivity index (χ4n) is 2.32. The van der Waals surface area contributed by atoms with Gasteiger partial charge in [-0.05, 0) is 11.8 Å². The zero-order valence-corrected chi connectivity index (χ0v) is 9.77. The highest BCUT2D eigenvalue weighted by Gasteiger charge is 2.34. The zero-order chi connectivity index (χ0) is 11.4. The molecule has 4 heteroatoms. The number of likely N-dealkylation sites (tertiary alicyclic amines) is 1. The molecule has 0 aromatic heterocycles. The maximum absolute atomic E-state index is 10.9. The highest BCUT2D eigenvalue weighted by atomic mass is 16.5. The van der Waals surface area contributed by atoms with E-state index in [-0.39, 0.29) is 11.8 Å². The second kappa shape index (κ2) is 5.47. The van der Waals surface area contributed by atoms with E-state index >= 15 is 0 Å². The van der Waals surface area contributed by atoms with Gasteiger partial charge in [-0.3, -0.25) is 4.79 Å². The highest BCUT2D eigenvalue weighted by Crippen LogP contribution is 2.23. The summed E-state index contributed by atoms with van der Waals surface area (Å²) in [5.41, 5.74) is 0. The third-order valence-electron chi connectivity index (χ3n) is 3.03. The Balaban J connectivity index is 2.38. The van der Waals surface area contributed by atoms with Gasteiger partial charge in [0.25, 0.3) is 0 Å². The number of hydrogen-bond acceptors (Lipinski definition) is 3. The molecule has 0 spiro atoms. The molecule has 1 rings (SSSR count). The molecule has 0 aliphatic carbocycles. The molecule has 1 N–H and O–H groups in total. The first-order chi connectivity index (χ1) is 7.04. The molecule has 0 aromatic rings. The molecule has 4 nitrogen and oxygen atoms in total. The van der Waals surface area contributed by atoms with Crippen molar-refractivity contribution >= 4 is 5.97 Å². The Bertz CT molecular complexity index is 220. The molecule has 88 valence electrons. The van der Waals surface area contributed by atoms with Crippen molar-refractivity contribution in [3.05, 3.63) is 0 Å². The Morgan fingerprint density at radius 2 is 2.27 bits per heavy atom. The summed E-state index contributed by atoms with van der Waals surface area (Å²) in [5.74, 6) is -0.129. The van der Waals surface area contributed by atoms with Crippen molar-refractivity contribution in [3.63, 3.8) is 0 Å². The highest BCUT2D eigenvalue weighted by molar-refractivity contribution is 5.71. The predicted octanol–water partition coefficient (Wildman–Crippen LogP) is 0.921. The van der Waals surface area contributed by atoms with Crippen LogP contribution in [-0.2, 0) is 9.53 Å².